The van der Waals surface area contributed by atoms with Crippen molar-refractivity contribution in [2.24, 2.45) is 0 Å². The smallest absolute Gasteiger partial charge is 0.0939 e. The minimum Gasteiger partial charge on any atom is -0.375 e. The SMILES string of the molecule is C=C(NC)N1CC1C. The van der Waals surface area contributed by atoms with Crippen LogP contribution in [0.1, 0.15) is 6.92 Å². The molecule has 1 saturated heterocycles. The lowest BCUT2D eigenvalue weighted by molar-refractivity contribution is 0.590. The number of nitrogens with one attached hydrogen (secondary N) is 1. The first-order valence-electron chi connectivity index (χ1n) is 2.89. The van der Waals surface area contributed by atoms with Crippen LogP contribution in [0.3, 0.4) is 0 Å². The number of nitrogens with zero attached hydrogens (tertiary/aromatic N) is 1. The summed E-state index contributed by atoms with van der Waals surface area (Å²) in [5.41, 5.74) is 0. The van der Waals surface area contributed by atoms with Crippen molar-refractivity contribution in [2.45, 2.75) is 13.0 Å². The van der Waals surface area contributed by atoms with E-state index in [-0.39, 0.29) is 0 Å². The molecule has 1 aliphatic rings. The largest absolute Gasteiger partial charge is 0.375 e. The van der Waals surface area contributed by atoms with E-state index in [1.807, 2.05) is 7.05 Å². The van der Waals surface area contributed by atoms with Crippen LogP contribution in [0, 0.1) is 0 Å². The molecule has 1 rings (SSSR count). The second-order valence-corrected chi connectivity index (χ2v) is 2.20. The van der Waals surface area contributed by atoms with Crippen LogP contribution >= 0.6 is 0 Å². The Balaban J connectivity index is 2.28. The van der Waals surface area contributed by atoms with Gasteiger partial charge in [-0.05, 0) is 6.92 Å². The number of hydrogen-bond acceptors (Lipinski definition) is 2. The Morgan fingerprint density at radius 2 is 2.38 bits per heavy atom. The van der Waals surface area contributed by atoms with Gasteiger partial charge in [0.15, 0.2) is 0 Å². The number of hydrogen-bond donors (Lipinski definition) is 1. The van der Waals surface area contributed by atoms with E-state index >= 15 is 0 Å². The molecule has 0 aromatic carbocycles. The summed E-state index contributed by atoms with van der Waals surface area (Å²) in [4.78, 5) is 2.21. The summed E-state index contributed by atoms with van der Waals surface area (Å²) in [6.45, 7) is 7.15. The average molecular weight is 112 g/mol. The molecule has 0 radical (unpaired) electrons. The molecule has 1 fully saturated rings. The zero-order valence-corrected chi connectivity index (χ0v) is 5.44. The molecule has 8 heavy (non-hydrogen) atoms. The molecule has 1 atom stereocenters. The maximum atomic E-state index is 3.80. The molecular weight excluding hydrogens is 100 g/mol. The summed E-state index contributed by atoms with van der Waals surface area (Å²) in [7, 11) is 1.90. The summed E-state index contributed by atoms with van der Waals surface area (Å²) in [5, 5.41) is 2.99. The third-order valence-electron chi connectivity index (χ3n) is 1.49. The quantitative estimate of drug-likeness (QED) is 0.519. The Kier molecular flexibility index (Phi) is 1.16. The van der Waals surface area contributed by atoms with Crippen LogP contribution in [-0.4, -0.2) is 24.5 Å². The Morgan fingerprint density at radius 1 is 1.88 bits per heavy atom. The second-order valence-electron chi connectivity index (χ2n) is 2.20. The standard InChI is InChI=1S/C6H12N2/c1-5-4-8(5)6(2)7-3/h5,7H,2,4H2,1,3H3. The van der Waals surface area contributed by atoms with Crippen LogP contribution in [0.2, 0.25) is 0 Å². The summed E-state index contributed by atoms with van der Waals surface area (Å²) in [6, 6.07) is 0.718. The van der Waals surface area contributed by atoms with Crippen LogP contribution < -0.4 is 5.32 Å². The fourth-order valence-corrected chi connectivity index (χ4v) is 0.757. The van der Waals surface area contributed by atoms with Gasteiger partial charge in [-0.25, -0.2) is 0 Å². The highest BCUT2D eigenvalue weighted by Crippen LogP contribution is 2.19. The predicted octanol–water partition coefficient (Wildman–Crippen LogP) is 0.381. The predicted molar refractivity (Wildman–Crippen MR) is 34.4 cm³/mol. The molecule has 1 N–H and O–H groups in total. The van der Waals surface area contributed by atoms with Crippen molar-refractivity contribution in [3.63, 3.8) is 0 Å². The minimum absolute atomic E-state index is 0.718. The molecule has 46 valence electrons. The molecule has 0 aliphatic carbocycles. The molecule has 1 aliphatic heterocycles. The van der Waals surface area contributed by atoms with Gasteiger partial charge in [-0.1, -0.05) is 6.58 Å². The highest BCUT2D eigenvalue weighted by Gasteiger charge is 2.29. The molecule has 0 aromatic rings. The van der Waals surface area contributed by atoms with E-state index in [4.69, 9.17) is 0 Å². The maximum absolute atomic E-state index is 3.80. The maximum Gasteiger partial charge on any atom is 0.0939 e. The fraction of sp³-hybridized carbons (Fsp3) is 0.667. The molecule has 0 amide bonds. The third-order valence-corrected chi connectivity index (χ3v) is 1.49. The first-order chi connectivity index (χ1) is 3.75. The van der Waals surface area contributed by atoms with Gasteiger partial charge in [-0.3, -0.25) is 0 Å². The average Bonchev–Trinajstić information content (AvgIpc) is 2.45. The van der Waals surface area contributed by atoms with Gasteiger partial charge in [0.25, 0.3) is 0 Å². The van der Waals surface area contributed by atoms with Crippen LogP contribution in [0.5, 0.6) is 0 Å². The second kappa shape index (κ2) is 1.69. The normalized spacial score (nSPS) is 25.2. The molecular formula is C6H12N2. The van der Waals surface area contributed by atoms with Gasteiger partial charge in [0.1, 0.15) is 0 Å². The van der Waals surface area contributed by atoms with Crippen LogP contribution in [0.25, 0.3) is 0 Å². The van der Waals surface area contributed by atoms with Crippen molar-refractivity contribution in [2.75, 3.05) is 13.6 Å². The van der Waals surface area contributed by atoms with Gasteiger partial charge in [-0.15, -0.1) is 0 Å². The van der Waals surface area contributed by atoms with Gasteiger partial charge < -0.3 is 10.2 Å². The third kappa shape index (κ3) is 0.782. The topological polar surface area (TPSA) is 15.0 Å². The summed E-state index contributed by atoms with van der Waals surface area (Å²) < 4.78 is 0. The zero-order valence-electron chi connectivity index (χ0n) is 5.44. The van der Waals surface area contributed by atoms with Crippen LogP contribution in [0.15, 0.2) is 12.4 Å². The lowest BCUT2D eigenvalue weighted by atomic mass is 10.6. The van der Waals surface area contributed by atoms with Gasteiger partial charge in [0, 0.05) is 19.6 Å². The summed E-state index contributed by atoms with van der Waals surface area (Å²) in [5.74, 6) is 1.04. The molecule has 0 aromatic heterocycles. The zero-order chi connectivity index (χ0) is 6.15. The first-order valence-corrected chi connectivity index (χ1v) is 2.89. The van der Waals surface area contributed by atoms with Crippen molar-refractivity contribution in [1.82, 2.24) is 10.2 Å². The highest BCUT2D eigenvalue weighted by atomic mass is 15.4. The Hall–Kier alpha value is -0.660. The lowest BCUT2D eigenvalue weighted by Crippen LogP contribution is -2.13. The van der Waals surface area contributed by atoms with Crippen LogP contribution in [0.4, 0.5) is 0 Å². The van der Waals surface area contributed by atoms with Crippen LogP contribution in [-0.2, 0) is 0 Å². The van der Waals surface area contributed by atoms with Gasteiger partial charge in [-0.2, -0.15) is 0 Å². The molecule has 0 bridgehead atoms. The monoisotopic (exact) mass is 112 g/mol. The summed E-state index contributed by atoms with van der Waals surface area (Å²) >= 11 is 0. The van der Waals surface area contributed by atoms with E-state index in [1.165, 1.54) is 6.54 Å². The highest BCUT2D eigenvalue weighted by molar-refractivity contribution is 5.02. The van der Waals surface area contributed by atoms with Crippen molar-refractivity contribution in [3.05, 3.63) is 12.4 Å². The van der Waals surface area contributed by atoms with Crippen molar-refractivity contribution >= 4 is 0 Å². The molecule has 2 heteroatoms. The van der Waals surface area contributed by atoms with Crippen molar-refractivity contribution in [1.29, 1.82) is 0 Å². The Morgan fingerprint density at radius 3 is 2.50 bits per heavy atom. The molecule has 0 saturated carbocycles. The van der Waals surface area contributed by atoms with E-state index in [9.17, 15) is 0 Å². The molecule has 1 heterocycles. The van der Waals surface area contributed by atoms with Gasteiger partial charge >= 0.3 is 0 Å². The Bertz CT molecular complexity index is 109. The molecule has 0 spiro atoms. The lowest BCUT2D eigenvalue weighted by Gasteiger charge is -2.04. The van der Waals surface area contributed by atoms with E-state index < -0.39 is 0 Å². The Labute approximate surface area is 50.2 Å². The number of rotatable bonds is 2. The minimum atomic E-state index is 0.718. The van der Waals surface area contributed by atoms with Gasteiger partial charge in [0.2, 0.25) is 0 Å². The van der Waals surface area contributed by atoms with Crippen molar-refractivity contribution < 1.29 is 0 Å². The van der Waals surface area contributed by atoms with Crippen molar-refractivity contribution in [3.8, 4) is 0 Å². The molecule has 2 nitrogen and oxygen atoms in total. The van der Waals surface area contributed by atoms with Gasteiger partial charge in [0.05, 0.1) is 5.82 Å². The van der Waals surface area contributed by atoms with E-state index in [1.54, 1.807) is 0 Å². The fourth-order valence-electron chi connectivity index (χ4n) is 0.757. The van der Waals surface area contributed by atoms with E-state index in [0.29, 0.717) is 0 Å². The van der Waals surface area contributed by atoms with E-state index in [2.05, 4.69) is 23.7 Å². The molecule has 1 unspecified atom stereocenters. The van der Waals surface area contributed by atoms with E-state index in [0.717, 1.165) is 11.9 Å². The summed E-state index contributed by atoms with van der Waals surface area (Å²) in [6.07, 6.45) is 0. The first kappa shape index (κ1) is 5.48.